The maximum absolute atomic E-state index is 11.6. The van der Waals surface area contributed by atoms with Gasteiger partial charge in [0, 0.05) is 22.2 Å². The molecule has 1 amide bonds. The van der Waals surface area contributed by atoms with Gasteiger partial charge >= 0.3 is 6.09 Å². The van der Waals surface area contributed by atoms with E-state index in [1.165, 1.54) is 17.4 Å². The number of hydrogen-bond donors (Lipinski definition) is 1. The first-order chi connectivity index (χ1) is 12.2. The maximum atomic E-state index is 11.6. The van der Waals surface area contributed by atoms with Crippen LogP contribution in [0, 0.1) is 0 Å². The molecule has 0 spiro atoms. The molecule has 0 atom stereocenters. The van der Waals surface area contributed by atoms with Crippen LogP contribution in [0.2, 0.25) is 5.02 Å². The Morgan fingerprint density at radius 2 is 2.12 bits per heavy atom. The molecule has 2 aromatic carbocycles. The Morgan fingerprint density at radius 1 is 1.28 bits per heavy atom. The third-order valence-corrected chi connectivity index (χ3v) is 4.55. The summed E-state index contributed by atoms with van der Waals surface area (Å²) in [7, 11) is 0. The van der Waals surface area contributed by atoms with Crippen LogP contribution in [-0.4, -0.2) is 17.7 Å². The van der Waals surface area contributed by atoms with E-state index < -0.39 is 6.09 Å². The lowest BCUT2D eigenvalue weighted by molar-refractivity contribution is 0.174. The Labute approximate surface area is 154 Å². The molecular weight excluding hydrogens is 356 g/mol. The van der Waals surface area contributed by atoms with Crippen LogP contribution in [0.5, 0.6) is 0 Å². The molecule has 0 fully saturated rings. The summed E-state index contributed by atoms with van der Waals surface area (Å²) in [5.41, 5.74) is 3.26. The number of halogens is 1. The predicted molar refractivity (Wildman–Crippen MR) is 103 cm³/mol. The zero-order chi connectivity index (χ0) is 17.6. The van der Waals surface area contributed by atoms with Crippen LogP contribution >= 0.6 is 22.9 Å². The van der Waals surface area contributed by atoms with Crippen LogP contribution in [0.15, 0.2) is 66.6 Å². The van der Waals surface area contributed by atoms with Gasteiger partial charge in [-0.2, -0.15) is 0 Å². The molecule has 1 N–H and O–H groups in total. The minimum absolute atomic E-state index is 0.165. The van der Waals surface area contributed by atoms with Crippen molar-refractivity contribution in [2.75, 3.05) is 11.9 Å². The summed E-state index contributed by atoms with van der Waals surface area (Å²) in [5.74, 6) is 0. The number of benzene rings is 2. The first-order valence-corrected chi connectivity index (χ1v) is 8.78. The van der Waals surface area contributed by atoms with Crippen molar-refractivity contribution in [3.05, 3.63) is 71.6 Å². The van der Waals surface area contributed by atoms with Gasteiger partial charge in [0.2, 0.25) is 0 Å². The van der Waals surface area contributed by atoms with Crippen molar-refractivity contribution in [3.63, 3.8) is 0 Å². The Morgan fingerprint density at radius 3 is 2.92 bits per heavy atom. The number of nitrogens with one attached hydrogen (secondary N) is 1. The van der Waals surface area contributed by atoms with Gasteiger partial charge in [-0.05, 0) is 18.2 Å². The molecule has 0 aliphatic rings. The first-order valence-electron chi connectivity index (χ1n) is 7.53. The van der Waals surface area contributed by atoms with Gasteiger partial charge in [0.15, 0.2) is 0 Å². The van der Waals surface area contributed by atoms with E-state index in [1.54, 1.807) is 6.07 Å². The summed E-state index contributed by atoms with van der Waals surface area (Å²) >= 11 is 7.76. The van der Waals surface area contributed by atoms with Crippen LogP contribution in [-0.2, 0) is 4.74 Å². The lowest BCUT2D eigenvalue weighted by atomic mass is 10.1. The number of thiazole rings is 1. The van der Waals surface area contributed by atoms with Crippen LogP contribution < -0.4 is 5.32 Å². The molecule has 6 heteroatoms. The summed E-state index contributed by atoms with van der Waals surface area (Å²) < 4.78 is 4.92. The molecule has 0 bridgehead atoms. The highest BCUT2D eigenvalue weighted by atomic mass is 35.5. The van der Waals surface area contributed by atoms with E-state index >= 15 is 0 Å². The summed E-state index contributed by atoms with van der Waals surface area (Å²) in [6.07, 6.45) is 0.994. The largest absolute Gasteiger partial charge is 0.445 e. The molecule has 3 aromatic rings. The Hall–Kier alpha value is -2.63. The van der Waals surface area contributed by atoms with Crippen molar-refractivity contribution in [3.8, 4) is 21.8 Å². The molecule has 0 unspecified atom stereocenters. The quantitative estimate of drug-likeness (QED) is 0.572. The van der Waals surface area contributed by atoms with Crippen LogP contribution in [0.25, 0.3) is 21.8 Å². The summed E-state index contributed by atoms with van der Waals surface area (Å²) in [4.78, 5) is 16.3. The van der Waals surface area contributed by atoms with Crippen LogP contribution in [0.4, 0.5) is 10.5 Å². The van der Waals surface area contributed by atoms with E-state index in [-0.39, 0.29) is 6.61 Å². The monoisotopic (exact) mass is 370 g/mol. The first kappa shape index (κ1) is 17.2. The molecular formula is C19H15ClN2O2S. The number of carbonyl (C=O) groups is 1. The lowest BCUT2D eigenvalue weighted by Gasteiger charge is -2.06. The van der Waals surface area contributed by atoms with Gasteiger partial charge in [-0.3, -0.25) is 5.32 Å². The molecule has 1 aromatic heterocycles. The van der Waals surface area contributed by atoms with Gasteiger partial charge in [0.25, 0.3) is 0 Å². The van der Waals surface area contributed by atoms with Gasteiger partial charge in [-0.1, -0.05) is 54.6 Å². The highest BCUT2D eigenvalue weighted by Gasteiger charge is 2.10. The molecule has 4 nitrogen and oxygen atoms in total. The molecule has 0 saturated carbocycles. The van der Waals surface area contributed by atoms with Crippen LogP contribution in [0.3, 0.4) is 0 Å². The zero-order valence-corrected chi connectivity index (χ0v) is 14.8. The van der Waals surface area contributed by atoms with Crippen molar-refractivity contribution in [1.82, 2.24) is 4.98 Å². The molecule has 0 aliphatic heterocycles. The predicted octanol–water partition coefficient (Wildman–Crippen LogP) is 5.87. The molecule has 126 valence electrons. The number of aromatic nitrogens is 1. The second-order valence-electron chi connectivity index (χ2n) is 5.11. The van der Waals surface area contributed by atoms with E-state index in [2.05, 4.69) is 16.9 Å². The third-order valence-electron chi connectivity index (χ3n) is 3.35. The van der Waals surface area contributed by atoms with Gasteiger partial charge in [0.1, 0.15) is 11.6 Å². The summed E-state index contributed by atoms with van der Waals surface area (Å²) in [6, 6.07) is 15.0. The fraction of sp³-hybridized carbons (Fsp3) is 0.0526. The Balaban J connectivity index is 1.81. The molecule has 0 aliphatic carbocycles. The minimum atomic E-state index is -0.521. The van der Waals surface area contributed by atoms with Crippen molar-refractivity contribution in [2.24, 2.45) is 0 Å². The van der Waals surface area contributed by atoms with E-state index in [1.807, 2.05) is 47.8 Å². The number of anilines is 1. The Kier molecular flexibility index (Phi) is 5.48. The molecule has 0 radical (unpaired) electrons. The van der Waals surface area contributed by atoms with Gasteiger partial charge in [-0.15, -0.1) is 11.3 Å². The highest BCUT2D eigenvalue weighted by molar-refractivity contribution is 7.13. The second kappa shape index (κ2) is 7.96. The zero-order valence-electron chi connectivity index (χ0n) is 13.2. The molecule has 25 heavy (non-hydrogen) atoms. The summed E-state index contributed by atoms with van der Waals surface area (Å²) in [6.45, 7) is 3.67. The Bertz CT molecular complexity index is 908. The fourth-order valence-electron chi connectivity index (χ4n) is 2.21. The van der Waals surface area contributed by atoms with Crippen molar-refractivity contribution in [1.29, 1.82) is 0 Å². The number of amides is 1. The van der Waals surface area contributed by atoms with Crippen molar-refractivity contribution < 1.29 is 9.53 Å². The second-order valence-corrected chi connectivity index (χ2v) is 6.38. The normalized spacial score (nSPS) is 10.3. The standard InChI is InChI=1S/C19H15ClN2O2S/c1-2-10-24-19(23)21-14-7-5-6-13(11-14)17-12-25-18(22-17)15-8-3-4-9-16(15)20/h2-9,11-12H,1,10H2,(H,21,23). The molecule has 0 saturated heterocycles. The molecule has 1 heterocycles. The van der Waals surface area contributed by atoms with Gasteiger partial charge < -0.3 is 4.74 Å². The number of nitrogens with zero attached hydrogens (tertiary/aromatic N) is 1. The summed E-state index contributed by atoms with van der Waals surface area (Å²) in [5, 5.41) is 6.17. The van der Waals surface area contributed by atoms with E-state index in [4.69, 9.17) is 16.3 Å². The highest BCUT2D eigenvalue weighted by Crippen LogP contribution is 2.33. The van der Waals surface area contributed by atoms with Crippen LogP contribution in [0.1, 0.15) is 0 Å². The van der Waals surface area contributed by atoms with Crippen molar-refractivity contribution >= 4 is 34.7 Å². The average molecular weight is 371 g/mol. The number of rotatable bonds is 5. The van der Waals surface area contributed by atoms with Gasteiger partial charge in [0.05, 0.1) is 10.7 Å². The maximum Gasteiger partial charge on any atom is 0.411 e. The fourth-order valence-corrected chi connectivity index (χ4v) is 3.36. The average Bonchev–Trinajstić information content (AvgIpc) is 3.10. The number of hydrogen-bond acceptors (Lipinski definition) is 4. The third kappa shape index (κ3) is 4.26. The van der Waals surface area contributed by atoms with E-state index in [9.17, 15) is 4.79 Å². The molecule has 3 rings (SSSR count). The van der Waals surface area contributed by atoms with Gasteiger partial charge in [-0.25, -0.2) is 9.78 Å². The van der Waals surface area contributed by atoms with Crippen molar-refractivity contribution in [2.45, 2.75) is 0 Å². The lowest BCUT2D eigenvalue weighted by Crippen LogP contribution is -2.13. The minimum Gasteiger partial charge on any atom is -0.445 e. The number of ether oxygens (including phenoxy) is 1. The van der Waals surface area contributed by atoms with E-state index in [0.29, 0.717) is 10.7 Å². The number of carbonyl (C=O) groups excluding carboxylic acids is 1. The smallest absolute Gasteiger partial charge is 0.411 e. The SMILES string of the molecule is C=CCOC(=O)Nc1cccc(-c2csc(-c3ccccc3Cl)n2)c1. The topological polar surface area (TPSA) is 51.2 Å². The van der Waals surface area contributed by atoms with E-state index in [0.717, 1.165) is 21.8 Å².